The number of halogens is 1. The van der Waals surface area contributed by atoms with Crippen molar-refractivity contribution in [3.63, 3.8) is 0 Å². The van der Waals surface area contributed by atoms with Crippen LogP contribution in [-0.4, -0.2) is 33.9 Å². The van der Waals surface area contributed by atoms with E-state index in [2.05, 4.69) is 15.9 Å². The second kappa shape index (κ2) is 6.09. The lowest BCUT2D eigenvalue weighted by atomic mass is 10.3. The summed E-state index contributed by atoms with van der Waals surface area (Å²) >= 11 is 5.66. The van der Waals surface area contributed by atoms with Gasteiger partial charge in [-0.1, -0.05) is 24.4 Å². The van der Waals surface area contributed by atoms with Crippen molar-refractivity contribution in [1.29, 1.82) is 0 Å². The van der Waals surface area contributed by atoms with Crippen LogP contribution in [0.5, 0.6) is 0 Å². The first kappa shape index (κ1) is 12.5. The van der Waals surface area contributed by atoms with E-state index in [9.17, 15) is 4.79 Å². The molecule has 0 bridgehead atoms. The van der Waals surface area contributed by atoms with Crippen molar-refractivity contribution in [3.05, 3.63) is 23.2 Å². The third-order valence-electron chi connectivity index (χ3n) is 1.89. The highest BCUT2D eigenvalue weighted by Crippen LogP contribution is 2.06. The van der Waals surface area contributed by atoms with Gasteiger partial charge in [0.25, 0.3) is 5.91 Å². The van der Waals surface area contributed by atoms with Crippen LogP contribution < -0.4 is 0 Å². The molecule has 0 radical (unpaired) electrons. The van der Waals surface area contributed by atoms with Crippen LogP contribution in [0.2, 0.25) is 5.15 Å². The van der Waals surface area contributed by atoms with Gasteiger partial charge in [-0.3, -0.25) is 9.78 Å². The van der Waals surface area contributed by atoms with Crippen molar-refractivity contribution in [2.45, 2.75) is 13.3 Å². The van der Waals surface area contributed by atoms with E-state index in [0.29, 0.717) is 6.54 Å². The van der Waals surface area contributed by atoms with E-state index < -0.39 is 0 Å². The zero-order valence-corrected chi connectivity index (χ0v) is 9.74. The van der Waals surface area contributed by atoms with Gasteiger partial charge in [-0.05, 0) is 6.42 Å². The molecule has 16 heavy (non-hydrogen) atoms. The summed E-state index contributed by atoms with van der Waals surface area (Å²) in [5.74, 6) is 2.20. The number of rotatable bonds is 4. The lowest BCUT2D eigenvalue weighted by molar-refractivity contribution is 0.0770. The average Bonchev–Trinajstić information content (AvgIpc) is 2.28. The molecule has 0 aromatic carbocycles. The van der Waals surface area contributed by atoms with E-state index in [1.165, 1.54) is 12.4 Å². The highest BCUT2D eigenvalue weighted by molar-refractivity contribution is 6.29. The van der Waals surface area contributed by atoms with Crippen LogP contribution in [0.15, 0.2) is 12.4 Å². The van der Waals surface area contributed by atoms with E-state index in [4.69, 9.17) is 18.0 Å². The smallest absolute Gasteiger partial charge is 0.274 e. The fourth-order valence-corrected chi connectivity index (χ4v) is 1.39. The predicted molar refractivity (Wildman–Crippen MR) is 62.1 cm³/mol. The Balaban J connectivity index is 2.86. The van der Waals surface area contributed by atoms with E-state index in [0.717, 1.165) is 6.42 Å². The summed E-state index contributed by atoms with van der Waals surface area (Å²) in [7, 11) is 0. The Labute approximate surface area is 99.6 Å². The van der Waals surface area contributed by atoms with Gasteiger partial charge in [-0.2, -0.15) is 0 Å². The van der Waals surface area contributed by atoms with Crippen molar-refractivity contribution in [2.75, 3.05) is 13.1 Å². The molecule has 0 aliphatic heterocycles. The molecule has 0 fully saturated rings. The minimum absolute atomic E-state index is 0.197. The monoisotopic (exact) mass is 237 g/mol. The van der Waals surface area contributed by atoms with Gasteiger partial charge in [-0.25, -0.2) is 4.98 Å². The zero-order valence-electron chi connectivity index (χ0n) is 8.98. The molecule has 0 atom stereocenters. The summed E-state index contributed by atoms with van der Waals surface area (Å²) < 4.78 is 0. The summed E-state index contributed by atoms with van der Waals surface area (Å²) in [6.45, 7) is 2.83. The largest absolute Gasteiger partial charge is 0.326 e. The first-order valence-corrected chi connectivity index (χ1v) is 5.27. The molecular formula is C11H12ClN3O. The Morgan fingerprint density at radius 2 is 2.38 bits per heavy atom. The molecule has 1 heterocycles. The molecule has 1 aromatic rings. The number of hydrogen-bond donors (Lipinski definition) is 0. The molecule has 4 nitrogen and oxygen atoms in total. The minimum atomic E-state index is -0.241. The van der Waals surface area contributed by atoms with Crippen LogP contribution in [0.4, 0.5) is 0 Å². The Morgan fingerprint density at radius 1 is 1.62 bits per heavy atom. The summed E-state index contributed by atoms with van der Waals surface area (Å²) in [6, 6.07) is 0. The zero-order chi connectivity index (χ0) is 12.0. The summed E-state index contributed by atoms with van der Waals surface area (Å²) in [4.78, 5) is 21.2. The maximum atomic E-state index is 11.9. The molecule has 1 aromatic heterocycles. The minimum Gasteiger partial charge on any atom is -0.326 e. The first-order valence-electron chi connectivity index (χ1n) is 4.89. The van der Waals surface area contributed by atoms with Crippen LogP contribution in [0, 0.1) is 12.3 Å². The molecule has 0 aliphatic rings. The Kier molecular flexibility index (Phi) is 4.74. The molecular weight excluding hydrogens is 226 g/mol. The lowest BCUT2D eigenvalue weighted by Gasteiger charge is -2.18. The maximum Gasteiger partial charge on any atom is 0.274 e. The average molecular weight is 238 g/mol. The van der Waals surface area contributed by atoms with E-state index in [1.54, 1.807) is 4.90 Å². The highest BCUT2D eigenvalue weighted by atomic mass is 35.5. The number of hydrogen-bond acceptors (Lipinski definition) is 3. The van der Waals surface area contributed by atoms with Crippen LogP contribution in [-0.2, 0) is 0 Å². The Hall–Kier alpha value is -1.60. The van der Waals surface area contributed by atoms with Crippen molar-refractivity contribution >= 4 is 17.5 Å². The van der Waals surface area contributed by atoms with Gasteiger partial charge in [0.1, 0.15) is 10.8 Å². The quantitative estimate of drug-likeness (QED) is 0.748. The van der Waals surface area contributed by atoms with Gasteiger partial charge < -0.3 is 4.90 Å². The van der Waals surface area contributed by atoms with Crippen molar-refractivity contribution < 1.29 is 4.79 Å². The number of nitrogens with zero attached hydrogens (tertiary/aromatic N) is 3. The summed E-state index contributed by atoms with van der Waals surface area (Å²) in [5, 5.41) is 0.197. The standard InChI is InChI=1S/C11H12ClN3O/c1-3-5-15(6-4-2)11(16)9-7-13-8-10(12)14-9/h1,7-8H,4-6H2,2H3. The predicted octanol–water partition coefficient (Wildman–Crippen LogP) is 1.62. The third-order valence-corrected chi connectivity index (χ3v) is 2.07. The van der Waals surface area contributed by atoms with Gasteiger partial charge in [0.2, 0.25) is 0 Å². The SMILES string of the molecule is C#CCN(CCC)C(=O)c1cncc(Cl)n1. The lowest BCUT2D eigenvalue weighted by Crippen LogP contribution is -2.32. The number of aromatic nitrogens is 2. The van der Waals surface area contributed by atoms with Crippen LogP contribution >= 0.6 is 11.6 Å². The number of amides is 1. The van der Waals surface area contributed by atoms with Crippen molar-refractivity contribution in [3.8, 4) is 12.3 Å². The number of terminal acetylenes is 1. The van der Waals surface area contributed by atoms with Crippen molar-refractivity contribution in [1.82, 2.24) is 14.9 Å². The maximum absolute atomic E-state index is 11.9. The molecule has 1 amide bonds. The fourth-order valence-electron chi connectivity index (χ4n) is 1.24. The molecule has 0 unspecified atom stereocenters. The summed E-state index contributed by atoms with van der Waals surface area (Å²) in [6.07, 6.45) is 8.80. The topological polar surface area (TPSA) is 46.1 Å². The van der Waals surface area contributed by atoms with E-state index in [1.807, 2.05) is 6.92 Å². The Bertz CT molecular complexity index is 414. The van der Waals surface area contributed by atoms with E-state index in [-0.39, 0.29) is 23.3 Å². The van der Waals surface area contributed by atoms with E-state index >= 15 is 0 Å². The number of carbonyl (C=O) groups is 1. The number of carbonyl (C=O) groups excluding carboxylic acids is 1. The molecule has 0 spiro atoms. The second-order valence-corrected chi connectivity index (χ2v) is 3.55. The van der Waals surface area contributed by atoms with Gasteiger partial charge in [0, 0.05) is 6.54 Å². The first-order chi connectivity index (χ1) is 7.69. The van der Waals surface area contributed by atoms with Gasteiger partial charge >= 0.3 is 0 Å². The highest BCUT2D eigenvalue weighted by Gasteiger charge is 2.15. The van der Waals surface area contributed by atoms with Crippen LogP contribution in [0.3, 0.4) is 0 Å². The molecule has 0 aliphatic carbocycles. The third kappa shape index (κ3) is 3.21. The van der Waals surface area contributed by atoms with Crippen LogP contribution in [0.1, 0.15) is 23.8 Å². The molecule has 0 saturated carbocycles. The second-order valence-electron chi connectivity index (χ2n) is 3.16. The molecule has 1 rings (SSSR count). The van der Waals surface area contributed by atoms with Gasteiger partial charge in [0.05, 0.1) is 18.9 Å². The van der Waals surface area contributed by atoms with Gasteiger partial charge in [0.15, 0.2) is 0 Å². The molecule has 0 saturated heterocycles. The Morgan fingerprint density at radius 3 is 2.94 bits per heavy atom. The van der Waals surface area contributed by atoms with Crippen molar-refractivity contribution in [2.24, 2.45) is 0 Å². The molecule has 0 N–H and O–H groups in total. The molecule has 84 valence electrons. The van der Waals surface area contributed by atoms with Crippen LogP contribution in [0.25, 0.3) is 0 Å². The van der Waals surface area contributed by atoms with Gasteiger partial charge in [-0.15, -0.1) is 6.42 Å². The molecule has 5 heteroatoms. The normalized spacial score (nSPS) is 9.56. The summed E-state index contributed by atoms with van der Waals surface area (Å²) in [5.41, 5.74) is 0.219. The fraction of sp³-hybridized carbons (Fsp3) is 0.364.